The van der Waals surface area contributed by atoms with Crippen LogP contribution in [0.3, 0.4) is 0 Å². The minimum absolute atomic E-state index is 0.278. The first-order valence-corrected chi connectivity index (χ1v) is 7.98. The van der Waals surface area contributed by atoms with E-state index in [9.17, 15) is 0 Å². The van der Waals surface area contributed by atoms with E-state index >= 15 is 0 Å². The number of benzene rings is 2. The Labute approximate surface area is 137 Å². The summed E-state index contributed by atoms with van der Waals surface area (Å²) >= 11 is 6.27. The molecule has 0 amide bonds. The van der Waals surface area contributed by atoms with Crippen LogP contribution in [0.25, 0.3) is 0 Å². The van der Waals surface area contributed by atoms with Gasteiger partial charge in [0.1, 0.15) is 5.75 Å². The van der Waals surface area contributed by atoms with Gasteiger partial charge in [-0.2, -0.15) is 0 Å². The fourth-order valence-corrected chi connectivity index (χ4v) is 2.65. The van der Waals surface area contributed by atoms with Gasteiger partial charge in [0.25, 0.3) is 0 Å². The second-order valence-electron chi connectivity index (χ2n) is 5.34. The van der Waals surface area contributed by atoms with Gasteiger partial charge >= 0.3 is 0 Å². The third kappa shape index (κ3) is 4.23. The van der Waals surface area contributed by atoms with Gasteiger partial charge in [0.2, 0.25) is 0 Å². The molecule has 0 aliphatic heterocycles. The lowest BCUT2D eigenvalue weighted by Crippen LogP contribution is -2.22. The Morgan fingerprint density at radius 1 is 1.18 bits per heavy atom. The first-order valence-electron chi connectivity index (χ1n) is 7.60. The molecule has 0 spiro atoms. The highest BCUT2D eigenvalue weighted by Crippen LogP contribution is 2.33. The SMILES string of the molecule is CCCOc1c(Cc2ccccc2)cc(Cl)cc1C(N)CN. The van der Waals surface area contributed by atoms with Crippen LogP contribution in [0, 0.1) is 0 Å². The summed E-state index contributed by atoms with van der Waals surface area (Å²) in [4.78, 5) is 0. The Bertz CT molecular complexity index is 602. The van der Waals surface area contributed by atoms with Crippen LogP contribution in [0.2, 0.25) is 5.02 Å². The second kappa shape index (κ2) is 8.18. The lowest BCUT2D eigenvalue weighted by Gasteiger charge is -2.20. The van der Waals surface area contributed by atoms with Gasteiger partial charge in [-0.15, -0.1) is 0 Å². The van der Waals surface area contributed by atoms with Gasteiger partial charge in [0, 0.05) is 35.2 Å². The molecule has 3 nitrogen and oxygen atoms in total. The molecule has 0 heterocycles. The van der Waals surface area contributed by atoms with E-state index in [-0.39, 0.29) is 6.04 Å². The molecule has 118 valence electrons. The first kappa shape index (κ1) is 16.8. The van der Waals surface area contributed by atoms with Gasteiger partial charge < -0.3 is 16.2 Å². The molecular weight excluding hydrogens is 296 g/mol. The quantitative estimate of drug-likeness (QED) is 0.818. The maximum atomic E-state index is 6.27. The summed E-state index contributed by atoms with van der Waals surface area (Å²) in [6.07, 6.45) is 1.69. The highest BCUT2D eigenvalue weighted by molar-refractivity contribution is 6.30. The molecule has 1 atom stereocenters. The number of hydrogen-bond acceptors (Lipinski definition) is 3. The number of ether oxygens (including phenoxy) is 1. The largest absolute Gasteiger partial charge is 0.493 e. The molecule has 0 bridgehead atoms. The fraction of sp³-hybridized carbons (Fsp3) is 0.333. The lowest BCUT2D eigenvalue weighted by molar-refractivity contribution is 0.309. The third-order valence-corrected chi connectivity index (χ3v) is 3.72. The highest BCUT2D eigenvalue weighted by atomic mass is 35.5. The van der Waals surface area contributed by atoms with E-state index in [0.717, 1.165) is 29.7 Å². The summed E-state index contributed by atoms with van der Waals surface area (Å²) in [6.45, 7) is 3.08. The van der Waals surface area contributed by atoms with Crippen molar-refractivity contribution in [2.24, 2.45) is 11.5 Å². The van der Waals surface area contributed by atoms with Crippen LogP contribution >= 0.6 is 11.6 Å². The molecule has 4 N–H and O–H groups in total. The number of rotatable bonds is 7. The Kier molecular flexibility index (Phi) is 6.25. The molecule has 1 unspecified atom stereocenters. The Morgan fingerprint density at radius 2 is 1.91 bits per heavy atom. The highest BCUT2D eigenvalue weighted by Gasteiger charge is 2.17. The molecule has 0 radical (unpaired) electrons. The van der Waals surface area contributed by atoms with Gasteiger partial charge in [-0.3, -0.25) is 0 Å². The topological polar surface area (TPSA) is 61.3 Å². The van der Waals surface area contributed by atoms with Crippen molar-refractivity contribution in [1.29, 1.82) is 0 Å². The van der Waals surface area contributed by atoms with Crippen molar-refractivity contribution in [3.63, 3.8) is 0 Å². The van der Waals surface area contributed by atoms with E-state index in [4.69, 9.17) is 27.8 Å². The summed E-state index contributed by atoms with van der Waals surface area (Å²) in [5.74, 6) is 0.827. The van der Waals surface area contributed by atoms with Crippen molar-refractivity contribution >= 4 is 11.6 Å². The van der Waals surface area contributed by atoms with Crippen LogP contribution in [-0.2, 0) is 6.42 Å². The second-order valence-corrected chi connectivity index (χ2v) is 5.77. The molecular formula is C18H23ClN2O. The van der Waals surface area contributed by atoms with Crippen molar-refractivity contribution in [3.05, 3.63) is 64.2 Å². The van der Waals surface area contributed by atoms with Gasteiger partial charge in [-0.05, 0) is 24.1 Å². The van der Waals surface area contributed by atoms with Crippen LogP contribution in [0.4, 0.5) is 0 Å². The molecule has 2 aromatic carbocycles. The van der Waals surface area contributed by atoms with Crippen molar-refractivity contribution < 1.29 is 4.74 Å². The summed E-state index contributed by atoms with van der Waals surface area (Å²) in [5.41, 5.74) is 15.0. The van der Waals surface area contributed by atoms with Gasteiger partial charge in [0.05, 0.1) is 6.61 Å². The summed E-state index contributed by atoms with van der Waals surface area (Å²) in [5, 5.41) is 0.661. The summed E-state index contributed by atoms with van der Waals surface area (Å²) in [7, 11) is 0. The summed E-state index contributed by atoms with van der Waals surface area (Å²) < 4.78 is 5.97. The van der Waals surface area contributed by atoms with Crippen molar-refractivity contribution in [1.82, 2.24) is 0 Å². The standard InChI is InChI=1S/C18H23ClN2O/c1-2-8-22-18-14(9-13-6-4-3-5-7-13)10-15(19)11-16(18)17(21)12-20/h3-7,10-11,17H,2,8-9,12,20-21H2,1H3. The van der Waals surface area contributed by atoms with Gasteiger partial charge in [-0.25, -0.2) is 0 Å². The normalized spacial score (nSPS) is 12.2. The van der Waals surface area contributed by atoms with Crippen LogP contribution < -0.4 is 16.2 Å². The molecule has 0 saturated carbocycles. The van der Waals surface area contributed by atoms with Gasteiger partial charge in [0.15, 0.2) is 0 Å². The van der Waals surface area contributed by atoms with Crippen LogP contribution in [-0.4, -0.2) is 13.2 Å². The molecule has 2 aromatic rings. The van der Waals surface area contributed by atoms with Crippen molar-refractivity contribution in [3.8, 4) is 5.75 Å². The molecule has 0 aliphatic rings. The minimum atomic E-state index is -0.278. The van der Waals surface area contributed by atoms with E-state index in [1.165, 1.54) is 5.56 Å². The maximum absolute atomic E-state index is 6.27. The van der Waals surface area contributed by atoms with Crippen LogP contribution in [0.1, 0.15) is 36.1 Å². The average Bonchev–Trinajstić information content (AvgIpc) is 2.53. The average molecular weight is 319 g/mol. The Balaban J connectivity index is 2.43. The predicted molar refractivity (Wildman–Crippen MR) is 92.5 cm³/mol. The molecule has 0 aromatic heterocycles. The molecule has 0 saturated heterocycles. The van der Waals surface area contributed by atoms with Crippen molar-refractivity contribution in [2.75, 3.05) is 13.2 Å². The van der Waals surface area contributed by atoms with Crippen LogP contribution in [0.5, 0.6) is 5.75 Å². The third-order valence-electron chi connectivity index (χ3n) is 3.50. The number of hydrogen-bond donors (Lipinski definition) is 2. The zero-order valence-corrected chi connectivity index (χ0v) is 13.6. The fourth-order valence-electron chi connectivity index (χ4n) is 2.40. The first-order chi connectivity index (χ1) is 10.7. The van der Waals surface area contributed by atoms with E-state index in [1.807, 2.05) is 30.3 Å². The zero-order chi connectivity index (χ0) is 15.9. The molecule has 0 aliphatic carbocycles. The number of halogens is 1. The van der Waals surface area contributed by atoms with E-state index in [0.29, 0.717) is 18.2 Å². The lowest BCUT2D eigenvalue weighted by atomic mass is 9.98. The summed E-state index contributed by atoms with van der Waals surface area (Å²) in [6, 6.07) is 13.8. The maximum Gasteiger partial charge on any atom is 0.127 e. The molecule has 2 rings (SSSR count). The molecule has 0 fully saturated rings. The Hall–Kier alpha value is -1.55. The van der Waals surface area contributed by atoms with E-state index < -0.39 is 0 Å². The van der Waals surface area contributed by atoms with Crippen molar-refractivity contribution in [2.45, 2.75) is 25.8 Å². The van der Waals surface area contributed by atoms with E-state index in [1.54, 1.807) is 0 Å². The smallest absolute Gasteiger partial charge is 0.127 e. The minimum Gasteiger partial charge on any atom is -0.493 e. The Morgan fingerprint density at radius 3 is 2.55 bits per heavy atom. The van der Waals surface area contributed by atoms with E-state index in [2.05, 4.69) is 19.1 Å². The zero-order valence-electron chi connectivity index (χ0n) is 12.9. The van der Waals surface area contributed by atoms with Crippen LogP contribution in [0.15, 0.2) is 42.5 Å². The van der Waals surface area contributed by atoms with Gasteiger partial charge in [-0.1, -0.05) is 48.9 Å². The molecule has 22 heavy (non-hydrogen) atoms. The number of nitrogens with two attached hydrogens (primary N) is 2. The monoisotopic (exact) mass is 318 g/mol. The predicted octanol–water partition coefficient (Wildman–Crippen LogP) is 3.68. The molecule has 4 heteroatoms.